The molecule has 0 heterocycles. The summed E-state index contributed by atoms with van der Waals surface area (Å²) in [5, 5.41) is 12.0. The van der Waals surface area contributed by atoms with Crippen molar-refractivity contribution in [1.29, 1.82) is 0 Å². The van der Waals surface area contributed by atoms with Crippen molar-refractivity contribution in [3.8, 4) is 12.3 Å². The fourth-order valence-corrected chi connectivity index (χ4v) is 2.62. The minimum absolute atomic E-state index is 0.0121. The van der Waals surface area contributed by atoms with Crippen molar-refractivity contribution in [2.24, 2.45) is 5.92 Å². The van der Waals surface area contributed by atoms with E-state index in [1.54, 1.807) is 12.1 Å². The number of benzene rings is 1. The minimum atomic E-state index is -1.10. The molecule has 0 unspecified atom stereocenters. The zero-order valence-electron chi connectivity index (χ0n) is 11.1. The Morgan fingerprint density at radius 3 is 2.50 bits per heavy atom. The Hall–Kier alpha value is -2.28. The molecule has 1 saturated carbocycles. The third-order valence-electron chi connectivity index (χ3n) is 3.70. The molecule has 4 heteroatoms. The lowest BCUT2D eigenvalue weighted by Crippen LogP contribution is -2.42. The summed E-state index contributed by atoms with van der Waals surface area (Å²) < 4.78 is 0. The Kier molecular flexibility index (Phi) is 4.41. The average molecular weight is 271 g/mol. The molecule has 0 saturated heterocycles. The van der Waals surface area contributed by atoms with Gasteiger partial charge >= 0.3 is 5.97 Å². The van der Waals surface area contributed by atoms with Crippen molar-refractivity contribution in [3.63, 3.8) is 0 Å². The first-order chi connectivity index (χ1) is 9.63. The molecule has 1 fully saturated rings. The number of hydrogen-bond acceptors (Lipinski definition) is 2. The van der Waals surface area contributed by atoms with E-state index < -0.39 is 5.97 Å². The van der Waals surface area contributed by atoms with Crippen LogP contribution < -0.4 is 5.32 Å². The summed E-state index contributed by atoms with van der Waals surface area (Å²) >= 11 is 0. The van der Waals surface area contributed by atoms with E-state index in [4.69, 9.17) is 11.5 Å². The molecule has 104 valence electrons. The van der Waals surface area contributed by atoms with Crippen LogP contribution in [0.3, 0.4) is 0 Å². The molecule has 2 rings (SSSR count). The molecule has 1 amide bonds. The number of aromatic carboxylic acids is 1. The highest BCUT2D eigenvalue weighted by molar-refractivity contribution is 6.04. The number of carboxylic acid groups (broad SMARTS) is 1. The van der Waals surface area contributed by atoms with Gasteiger partial charge in [-0.05, 0) is 25.0 Å². The maximum Gasteiger partial charge on any atom is 0.336 e. The molecule has 1 aliphatic rings. The maximum absolute atomic E-state index is 12.3. The van der Waals surface area contributed by atoms with Crippen molar-refractivity contribution in [1.82, 2.24) is 5.32 Å². The first-order valence-electron chi connectivity index (χ1n) is 6.73. The lowest BCUT2D eigenvalue weighted by Gasteiger charge is -2.28. The van der Waals surface area contributed by atoms with Gasteiger partial charge in [0, 0.05) is 12.0 Å². The van der Waals surface area contributed by atoms with Crippen molar-refractivity contribution >= 4 is 11.9 Å². The van der Waals surface area contributed by atoms with E-state index in [0.717, 1.165) is 25.7 Å². The van der Waals surface area contributed by atoms with Crippen molar-refractivity contribution < 1.29 is 14.7 Å². The number of rotatable bonds is 3. The molecule has 0 spiro atoms. The second-order valence-electron chi connectivity index (χ2n) is 4.99. The van der Waals surface area contributed by atoms with Gasteiger partial charge < -0.3 is 10.4 Å². The van der Waals surface area contributed by atoms with Crippen LogP contribution in [0, 0.1) is 18.3 Å². The first-order valence-corrected chi connectivity index (χ1v) is 6.73. The van der Waals surface area contributed by atoms with Gasteiger partial charge in [0.05, 0.1) is 11.1 Å². The smallest absolute Gasteiger partial charge is 0.336 e. The van der Waals surface area contributed by atoms with Crippen LogP contribution in [0.1, 0.15) is 46.4 Å². The van der Waals surface area contributed by atoms with Gasteiger partial charge in [0.15, 0.2) is 0 Å². The average Bonchev–Trinajstić information content (AvgIpc) is 2.47. The van der Waals surface area contributed by atoms with Gasteiger partial charge in [-0.2, -0.15) is 0 Å². The number of amides is 1. The van der Waals surface area contributed by atoms with Crippen LogP contribution in [-0.2, 0) is 0 Å². The maximum atomic E-state index is 12.3. The summed E-state index contributed by atoms with van der Waals surface area (Å²) in [5.74, 6) is 1.28. The van der Waals surface area contributed by atoms with E-state index in [9.17, 15) is 9.59 Å². The molecule has 20 heavy (non-hydrogen) atoms. The predicted molar refractivity (Wildman–Crippen MR) is 75.4 cm³/mol. The van der Waals surface area contributed by atoms with E-state index in [1.165, 1.54) is 12.1 Å². The van der Waals surface area contributed by atoms with Crippen LogP contribution in [0.4, 0.5) is 0 Å². The number of nitrogens with one attached hydrogen (secondary N) is 1. The third kappa shape index (κ3) is 3.00. The van der Waals surface area contributed by atoms with Gasteiger partial charge in [0.25, 0.3) is 5.91 Å². The molecule has 2 N–H and O–H groups in total. The Labute approximate surface area is 118 Å². The Morgan fingerprint density at radius 1 is 1.20 bits per heavy atom. The summed E-state index contributed by atoms with van der Waals surface area (Å²) in [5.41, 5.74) is 0.194. The topological polar surface area (TPSA) is 66.4 Å². The van der Waals surface area contributed by atoms with Gasteiger partial charge in [-0.3, -0.25) is 4.79 Å². The van der Waals surface area contributed by atoms with Crippen LogP contribution in [0.2, 0.25) is 0 Å². The molecule has 0 bridgehead atoms. The molecular weight excluding hydrogens is 254 g/mol. The molecule has 0 radical (unpaired) electrons. The van der Waals surface area contributed by atoms with Gasteiger partial charge in [-0.1, -0.05) is 25.0 Å². The quantitative estimate of drug-likeness (QED) is 0.829. The Balaban J connectivity index is 2.16. The van der Waals surface area contributed by atoms with Crippen LogP contribution >= 0.6 is 0 Å². The fraction of sp³-hybridized carbons (Fsp3) is 0.375. The van der Waals surface area contributed by atoms with E-state index >= 15 is 0 Å². The fourth-order valence-electron chi connectivity index (χ4n) is 2.62. The number of carbonyl (C=O) groups excluding carboxylic acids is 1. The summed E-state index contributed by atoms with van der Waals surface area (Å²) in [6, 6.07) is 6.14. The standard InChI is InChI=1S/C16H17NO3/c1-2-11-7-3-6-10-14(11)17-15(18)12-8-4-5-9-13(12)16(19)20/h1,4-5,8-9,11,14H,3,6-7,10H2,(H,17,18)(H,19,20)/t11-,14+/m0/s1. The first kappa shape index (κ1) is 14.1. The van der Waals surface area contributed by atoms with Gasteiger partial charge in [0.1, 0.15) is 0 Å². The molecule has 2 atom stereocenters. The number of hydrogen-bond donors (Lipinski definition) is 2. The van der Waals surface area contributed by atoms with Crippen molar-refractivity contribution in [2.45, 2.75) is 31.7 Å². The van der Waals surface area contributed by atoms with Crippen molar-refractivity contribution in [3.05, 3.63) is 35.4 Å². The highest BCUT2D eigenvalue weighted by atomic mass is 16.4. The SMILES string of the molecule is C#C[C@H]1CCCC[C@H]1NC(=O)c1ccccc1C(=O)O. The third-order valence-corrected chi connectivity index (χ3v) is 3.70. The summed E-state index contributed by atoms with van der Waals surface area (Å²) in [7, 11) is 0. The van der Waals surface area contributed by atoms with Gasteiger partial charge in [-0.25, -0.2) is 4.79 Å². The second kappa shape index (κ2) is 6.25. The van der Waals surface area contributed by atoms with Crippen LogP contribution in [0.5, 0.6) is 0 Å². The molecule has 0 aromatic heterocycles. The lowest BCUT2D eigenvalue weighted by atomic mass is 9.85. The zero-order chi connectivity index (χ0) is 14.5. The second-order valence-corrected chi connectivity index (χ2v) is 4.99. The number of carbonyl (C=O) groups is 2. The molecule has 4 nitrogen and oxygen atoms in total. The van der Waals surface area contributed by atoms with E-state index in [2.05, 4.69) is 11.2 Å². The summed E-state index contributed by atoms with van der Waals surface area (Å²) in [6.45, 7) is 0. The molecule has 1 aliphatic carbocycles. The minimum Gasteiger partial charge on any atom is -0.478 e. The van der Waals surface area contributed by atoms with Gasteiger partial charge in [-0.15, -0.1) is 12.3 Å². The molecule has 0 aliphatic heterocycles. The molecular formula is C16H17NO3. The van der Waals surface area contributed by atoms with E-state index in [0.29, 0.717) is 0 Å². The van der Waals surface area contributed by atoms with E-state index in [-0.39, 0.29) is 29.0 Å². The number of terminal acetylenes is 1. The summed E-state index contributed by atoms with van der Waals surface area (Å²) in [6.07, 6.45) is 9.35. The van der Waals surface area contributed by atoms with Crippen LogP contribution in [-0.4, -0.2) is 23.0 Å². The molecule has 1 aromatic rings. The summed E-state index contributed by atoms with van der Waals surface area (Å²) in [4.78, 5) is 23.4. The molecule has 1 aromatic carbocycles. The monoisotopic (exact) mass is 271 g/mol. The Morgan fingerprint density at radius 2 is 1.85 bits per heavy atom. The number of carboxylic acids is 1. The highest BCUT2D eigenvalue weighted by Crippen LogP contribution is 2.24. The lowest BCUT2D eigenvalue weighted by molar-refractivity contribution is 0.0690. The highest BCUT2D eigenvalue weighted by Gasteiger charge is 2.26. The predicted octanol–water partition coefficient (Wildman–Crippen LogP) is 2.31. The zero-order valence-corrected chi connectivity index (χ0v) is 11.1. The Bertz CT molecular complexity index is 559. The van der Waals surface area contributed by atoms with Crippen molar-refractivity contribution in [2.75, 3.05) is 0 Å². The van der Waals surface area contributed by atoms with Gasteiger partial charge in [0.2, 0.25) is 0 Å². The van der Waals surface area contributed by atoms with Crippen LogP contribution in [0.25, 0.3) is 0 Å². The van der Waals surface area contributed by atoms with Crippen LogP contribution in [0.15, 0.2) is 24.3 Å². The largest absolute Gasteiger partial charge is 0.478 e. The van der Waals surface area contributed by atoms with E-state index in [1.807, 2.05) is 0 Å². The normalized spacial score (nSPS) is 21.8.